The molecule has 0 bridgehead atoms. The Balaban J connectivity index is 2.60. The quantitative estimate of drug-likeness (QED) is 0.552. The Morgan fingerprint density at radius 2 is 2.17 bits per heavy atom. The number of aryl methyl sites for hydroxylation is 1. The third-order valence-corrected chi connectivity index (χ3v) is 2.83. The molecule has 1 aromatic rings. The summed E-state index contributed by atoms with van der Waals surface area (Å²) < 4.78 is 13.5. The van der Waals surface area contributed by atoms with Gasteiger partial charge >= 0.3 is 0 Å². The molecule has 1 heteroatoms. The van der Waals surface area contributed by atoms with Crippen molar-refractivity contribution in [3.63, 3.8) is 0 Å². The first-order valence-corrected chi connectivity index (χ1v) is 4.48. The fourth-order valence-corrected chi connectivity index (χ4v) is 1.99. The van der Waals surface area contributed by atoms with Gasteiger partial charge in [-0.25, -0.2) is 4.39 Å². The molecule has 0 aliphatic heterocycles. The van der Waals surface area contributed by atoms with Crippen molar-refractivity contribution in [1.29, 1.82) is 0 Å². The van der Waals surface area contributed by atoms with Crippen LogP contribution in [0.5, 0.6) is 0 Å². The second kappa shape index (κ2) is 2.58. The van der Waals surface area contributed by atoms with Crippen molar-refractivity contribution >= 4 is 0 Å². The van der Waals surface area contributed by atoms with Gasteiger partial charge in [-0.1, -0.05) is 19.1 Å². The van der Waals surface area contributed by atoms with E-state index in [2.05, 4.69) is 13.0 Å². The average molecular weight is 164 g/mol. The molecule has 0 amide bonds. The van der Waals surface area contributed by atoms with Crippen LogP contribution in [0.4, 0.5) is 4.39 Å². The van der Waals surface area contributed by atoms with E-state index >= 15 is 0 Å². The van der Waals surface area contributed by atoms with Crippen molar-refractivity contribution in [2.75, 3.05) is 0 Å². The van der Waals surface area contributed by atoms with Gasteiger partial charge in [0.05, 0.1) is 0 Å². The smallest absolute Gasteiger partial charge is 0.129 e. The van der Waals surface area contributed by atoms with E-state index < -0.39 is 0 Å². The van der Waals surface area contributed by atoms with Gasteiger partial charge in [-0.15, -0.1) is 0 Å². The molecule has 64 valence electrons. The molecule has 1 aromatic carbocycles. The highest BCUT2D eigenvalue weighted by atomic mass is 19.1. The molecule has 0 spiro atoms. The molecule has 0 radical (unpaired) electrons. The minimum Gasteiger partial charge on any atom is -0.206 e. The second-order valence-corrected chi connectivity index (χ2v) is 3.70. The SMILES string of the molecule is Cc1ccc2c(c1F)CCC2C. The van der Waals surface area contributed by atoms with E-state index in [-0.39, 0.29) is 5.82 Å². The van der Waals surface area contributed by atoms with Crippen molar-refractivity contribution in [1.82, 2.24) is 0 Å². The number of hydrogen-bond donors (Lipinski definition) is 0. The average Bonchev–Trinajstić information content (AvgIpc) is 2.41. The van der Waals surface area contributed by atoms with Gasteiger partial charge in [-0.3, -0.25) is 0 Å². The minimum absolute atomic E-state index is 0.0249. The lowest BCUT2D eigenvalue weighted by Gasteiger charge is -2.06. The molecule has 0 saturated heterocycles. The summed E-state index contributed by atoms with van der Waals surface area (Å²) >= 11 is 0. The number of hydrogen-bond acceptors (Lipinski definition) is 0. The van der Waals surface area contributed by atoms with E-state index in [1.54, 1.807) is 0 Å². The van der Waals surface area contributed by atoms with Crippen LogP contribution in [0.2, 0.25) is 0 Å². The molecule has 1 unspecified atom stereocenters. The molecular formula is C11H13F. The molecule has 1 aliphatic carbocycles. The second-order valence-electron chi connectivity index (χ2n) is 3.70. The van der Waals surface area contributed by atoms with Crippen LogP contribution < -0.4 is 0 Å². The lowest BCUT2D eigenvalue weighted by molar-refractivity contribution is 0.603. The number of halogens is 1. The van der Waals surface area contributed by atoms with E-state index in [1.165, 1.54) is 5.56 Å². The summed E-state index contributed by atoms with van der Waals surface area (Å²) in [4.78, 5) is 0. The summed E-state index contributed by atoms with van der Waals surface area (Å²) in [5.41, 5.74) is 2.96. The molecule has 0 nitrogen and oxygen atoms in total. The molecule has 0 aromatic heterocycles. The first-order valence-electron chi connectivity index (χ1n) is 4.48. The maximum absolute atomic E-state index is 13.5. The summed E-state index contributed by atoms with van der Waals surface area (Å²) in [5, 5.41) is 0. The summed E-state index contributed by atoms with van der Waals surface area (Å²) in [6, 6.07) is 3.96. The highest BCUT2D eigenvalue weighted by Gasteiger charge is 2.21. The zero-order valence-corrected chi connectivity index (χ0v) is 7.52. The van der Waals surface area contributed by atoms with Gasteiger partial charge in [0.2, 0.25) is 0 Å². The zero-order valence-electron chi connectivity index (χ0n) is 7.52. The molecule has 2 rings (SSSR count). The van der Waals surface area contributed by atoms with E-state index in [0.717, 1.165) is 24.0 Å². The first-order chi connectivity index (χ1) is 5.70. The van der Waals surface area contributed by atoms with Crippen LogP contribution >= 0.6 is 0 Å². The van der Waals surface area contributed by atoms with Crippen LogP contribution in [0.1, 0.15) is 36.0 Å². The minimum atomic E-state index is 0.0249. The molecule has 0 heterocycles. The molecule has 0 fully saturated rings. The first kappa shape index (κ1) is 7.78. The number of fused-ring (bicyclic) bond motifs is 1. The van der Waals surface area contributed by atoms with Gasteiger partial charge in [0.1, 0.15) is 5.82 Å². The van der Waals surface area contributed by atoms with Crippen molar-refractivity contribution in [2.24, 2.45) is 0 Å². The summed E-state index contributed by atoms with van der Waals surface area (Å²) in [7, 11) is 0. The fourth-order valence-electron chi connectivity index (χ4n) is 1.99. The molecule has 0 N–H and O–H groups in total. The Morgan fingerprint density at radius 3 is 2.92 bits per heavy atom. The van der Waals surface area contributed by atoms with E-state index in [1.807, 2.05) is 13.0 Å². The molecule has 0 saturated carbocycles. The Hall–Kier alpha value is -0.850. The molecule has 1 aliphatic rings. The summed E-state index contributed by atoms with van der Waals surface area (Å²) in [6.45, 7) is 4.00. The summed E-state index contributed by atoms with van der Waals surface area (Å²) in [5.74, 6) is 0.576. The predicted octanol–water partition coefficient (Wildman–Crippen LogP) is 3.18. The Bertz CT molecular complexity index is 315. The standard InChI is InChI=1S/C11H13F/c1-7-3-6-10-9(7)5-4-8(2)11(10)12/h4-5,7H,3,6H2,1-2H3. The highest BCUT2D eigenvalue weighted by molar-refractivity contribution is 5.38. The lowest BCUT2D eigenvalue weighted by atomic mass is 10.0. The largest absolute Gasteiger partial charge is 0.206 e. The van der Waals surface area contributed by atoms with Gasteiger partial charge in [0.25, 0.3) is 0 Å². The number of rotatable bonds is 0. The number of benzene rings is 1. The van der Waals surface area contributed by atoms with Crippen LogP contribution in [0, 0.1) is 12.7 Å². The molecular weight excluding hydrogens is 151 g/mol. The van der Waals surface area contributed by atoms with Gasteiger partial charge < -0.3 is 0 Å². The van der Waals surface area contributed by atoms with Crippen LogP contribution in [0.3, 0.4) is 0 Å². The van der Waals surface area contributed by atoms with Gasteiger partial charge in [0.15, 0.2) is 0 Å². The third-order valence-electron chi connectivity index (χ3n) is 2.83. The van der Waals surface area contributed by atoms with Gasteiger partial charge in [-0.2, -0.15) is 0 Å². The van der Waals surface area contributed by atoms with Crippen molar-refractivity contribution in [3.05, 3.63) is 34.6 Å². The Labute approximate surface area is 72.4 Å². The van der Waals surface area contributed by atoms with Crippen molar-refractivity contribution in [2.45, 2.75) is 32.6 Å². The monoisotopic (exact) mass is 164 g/mol. The molecule has 1 atom stereocenters. The Morgan fingerprint density at radius 1 is 1.42 bits per heavy atom. The maximum Gasteiger partial charge on any atom is 0.129 e. The Kier molecular flexibility index (Phi) is 1.67. The van der Waals surface area contributed by atoms with Crippen LogP contribution in [-0.4, -0.2) is 0 Å². The summed E-state index contributed by atoms with van der Waals surface area (Å²) in [6.07, 6.45) is 2.03. The van der Waals surface area contributed by atoms with E-state index in [0.29, 0.717) is 5.92 Å². The maximum atomic E-state index is 13.5. The van der Waals surface area contributed by atoms with Crippen molar-refractivity contribution < 1.29 is 4.39 Å². The normalized spacial score (nSPS) is 21.1. The fraction of sp³-hybridized carbons (Fsp3) is 0.455. The van der Waals surface area contributed by atoms with Gasteiger partial charge in [-0.05, 0) is 42.4 Å². The van der Waals surface area contributed by atoms with Crippen LogP contribution in [-0.2, 0) is 6.42 Å². The predicted molar refractivity (Wildman–Crippen MR) is 47.9 cm³/mol. The highest BCUT2D eigenvalue weighted by Crippen LogP contribution is 2.34. The van der Waals surface area contributed by atoms with Crippen molar-refractivity contribution in [3.8, 4) is 0 Å². The third kappa shape index (κ3) is 0.961. The van der Waals surface area contributed by atoms with E-state index in [4.69, 9.17) is 0 Å². The van der Waals surface area contributed by atoms with Crippen LogP contribution in [0.25, 0.3) is 0 Å². The lowest BCUT2D eigenvalue weighted by Crippen LogP contribution is -1.92. The van der Waals surface area contributed by atoms with E-state index in [9.17, 15) is 4.39 Å². The molecule has 12 heavy (non-hydrogen) atoms. The topological polar surface area (TPSA) is 0 Å². The zero-order chi connectivity index (χ0) is 8.72. The van der Waals surface area contributed by atoms with Gasteiger partial charge in [0, 0.05) is 0 Å². The van der Waals surface area contributed by atoms with Crippen LogP contribution in [0.15, 0.2) is 12.1 Å².